The lowest BCUT2D eigenvalue weighted by atomic mass is 10.1. The largest absolute Gasteiger partial charge is 0.487 e. The molecule has 2 fully saturated rings. The van der Waals surface area contributed by atoms with Crippen molar-refractivity contribution >= 4 is 50.4 Å². The van der Waals surface area contributed by atoms with E-state index in [9.17, 15) is 23.1 Å². The number of likely N-dealkylation sites (tertiary alicyclic amines) is 1. The summed E-state index contributed by atoms with van der Waals surface area (Å²) in [6.45, 7) is 5.52. The van der Waals surface area contributed by atoms with Crippen molar-refractivity contribution in [1.82, 2.24) is 19.2 Å². The van der Waals surface area contributed by atoms with Crippen LogP contribution in [0.1, 0.15) is 33.1 Å². The van der Waals surface area contributed by atoms with Crippen molar-refractivity contribution in [2.75, 3.05) is 37.8 Å². The number of amides is 1. The molecule has 45 heavy (non-hydrogen) atoms. The van der Waals surface area contributed by atoms with Crippen LogP contribution in [0, 0.1) is 0 Å². The maximum absolute atomic E-state index is 13.7. The van der Waals surface area contributed by atoms with Crippen LogP contribution in [0.3, 0.4) is 0 Å². The lowest BCUT2D eigenvalue weighted by molar-refractivity contribution is -0.163. The van der Waals surface area contributed by atoms with E-state index in [0.29, 0.717) is 38.2 Å². The summed E-state index contributed by atoms with van der Waals surface area (Å²) in [5.74, 6) is -0.804. The quantitative estimate of drug-likeness (QED) is 0.182. The van der Waals surface area contributed by atoms with Crippen LogP contribution in [-0.2, 0) is 35.6 Å². The number of aliphatic hydroxyl groups is 1. The SMILES string of the molecule is CCOC1OC(=O)CC1NS(=O)(=O)c1ccc(NC(=O)CN2CCC(O)CC2)cc1OC(C)Cn1c(SC)nc2ccccc21. The molecule has 0 bridgehead atoms. The van der Waals surface area contributed by atoms with Crippen molar-refractivity contribution in [3.63, 3.8) is 0 Å². The van der Waals surface area contributed by atoms with Crippen molar-refractivity contribution in [3.8, 4) is 5.75 Å². The summed E-state index contributed by atoms with van der Waals surface area (Å²) in [6.07, 6.45) is 1.06. The Bertz CT molecular complexity index is 1620. The summed E-state index contributed by atoms with van der Waals surface area (Å²) in [7, 11) is -4.23. The highest BCUT2D eigenvalue weighted by Crippen LogP contribution is 2.31. The molecule has 15 heteroatoms. The Morgan fingerprint density at radius 1 is 1.22 bits per heavy atom. The molecular weight excluding hydrogens is 622 g/mol. The minimum atomic E-state index is -4.23. The van der Waals surface area contributed by atoms with Gasteiger partial charge in [-0.15, -0.1) is 0 Å². The van der Waals surface area contributed by atoms with E-state index in [1.807, 2.05) is 46.9 Å². The second-order valence-electron chi connectivity index (χ2n) is 11.1. The Hall–Kier alpha value is -3.21. The molecule has 1 aromatic heterocycles. The molecule has 3 atom stereocenters. The average Bonchev–Trinajstić information content (AvgIpc) is 3.52. The van der Waals surface area contributed by atoms with Crippen molar-refractivity contribution < 1.29 is 37.3 Å². The number of para-hydroxylation sites is 2. The Morgan fingerprint density at radius 3 is 2.71 bits per heavy atom. The van der Waals surface area contributed by atoms with E-state index >= 15 is 0 Å². The molecule has 3 N–H and O–H groups in total. The predicted molar refractivity (Wildman–Crippen MR) is 169 cm³/mol. The number of piperidine rings is 1. The minimum Gasteiger partial charge on any atom is -0.487 e. The first-order valence-electron chi connectivity index (χ1n) is 14.9. The minimum absolute atomic E-state index is 0.0298. The van der Waals surface area contributed by atoms with Gasteiger partial charge in [0.15, 0.2) is 5.16 Å². The number of esters is 1. The number of benzene rings is 2. The molecule has 2 aliphatic heterocycles. The van der Waals surface area contributed by atoms with Gasteiger partial charge in [0, 0.05) is 31.5 Å². The third-order valence-corrected chi connectivity index (χ3v) is 9.82. The van der Waals surface area contributed by atoms with Crippen LogP contribution in [-0.4, -0.2) is 96.9 Å². The molecule has 0 spiro atoms. The first-order valence-corrected chi connectivity index (χ1v) is 17.6. The summed E-state index contributed by atoms with van der Waals surface area (Å²) in [6, 6.07) is 11.2. The normalized spacial score (nSPS) is 20.3. The number of cyclic esters (lactones) is 1. The van der Waals surface area contributed by atoms with Crippen molar-refractivity contribution in [2.45, 2.75) is 74.2 Å². The van der Waals surface area contributed by atoms with Gasteiger partial charge in [0.2, 0.25) is 22.2 Å². The van der Waals surface area contributed by atoms with E-state index in [0.717, 1.165) is 16.2 Å². The highest BCUT2D eigenvalue weighted by molar-refractivity contribution is 7.98. The van der Waals surface area contributed by atoms with Crippen LogP contribution in [0.4, 0.5) is 5.69 Å². The topological polar surface area (TPSA) is 161 Å². The number of anilines is 1. The number of aliphatic hydroxyl groups excluding tert-OH is 1. The number of hydrogen-bond donors (Lipinski definition) is 3. The highest BCUT2D eigenvalue weighted by Gasteiger charge is 2.39. The number of nitrogens with one attached hydrogen (secondary N) is 2. The molecule has 5 rings (SSSR count). The standard InChI is InChI=1S/C30H39N5O8S2/c1-4-41-29-23(16-28(38)43-29)33-45(39,40)26-10-9-20(31-27(37)18-34-13-11-21(36)12-14-34)15-25(26)42-19(2)17-35-24-8-6-5-7-22(24)32-30(35)44-3/h5-10,15,19,21,23,29,33,36H,4,11-14,16-18H2,1-3H3,(H,31,37). The number of ether oxygens (including phenoxy) is 3. The number of sulfonamides is 1. The van der Waals surface area contributed by atoms with Gasteiger partial charge < -0.3 is 29.2 Å². The van der Waals surface area contributed by atoms with E-state index in [1.54, 1.807) is 6.92 Å². The van der Waals surface area contributed by atoms with Gasteiger partial charge in [-0.05, 0) is 57.2 Å². The van der Waals surface area contributed by atoms with Gasteiger partial charge in [0.1, 0.15) is 16.7 Å². The number of rotatable bonds is 13. The zero-order chi connectivity index (χ0) is 32.1. The van der Waals surface area contributed by atoms with Crippen molar-refractivity contribution in [2.24, 2.45) is 0 Å². The molecule has 13 nitrogen and oxygen atoms in total. The molecule has 1 amide bonds. The number of imidazole rings is 1. The van der Waals surface area contributed by atoms with E-state index in [2.05, 4.69) is 15.0 Å². The predicted octanol–water partition coefficient (Wildman–Crippen LogP) is 2.58. The van der Waals surface area contributed by atoms with E-state index < -0.39 is 34.4 Å². The zero-order valence-corrected chi connectivity index (χ0v) is 27.1. The molecular formula is C30H39N5O8S2. The molecule has 2 saturated heterocycles. The fourth-order valence-corrected chi connectivity index (χ4v) is 7.41. The number of carbonyl (C=O) groups is 2. The second-order valence-corrected chi connectivity index (χ2v) is 13.5. The van der Waals surface area contributed by atoms with Gasteiger partial charge in [-0.25, -0.2) is 18.1 Å². The van der Waals surface area contributed by atoms with Gasteiger partial charge in [-0.1, -0.05) is 23.9 Å². The van der Waals surface area contributed by atoms with Crippen LogP contribution < -0.4 is 14.8 Å². The Labute approximate surface area is 266 Å². The Balaban J connectivity index is 1.39. The fourth-order valence-electron chi connectivity index (χ4n) is 5.49. The first-order chi connectivity index (χ1) is 21.6. The molecule has 0 radical (unpaired) electrons. The zero-order valence-electron chi connectivity index (χ0n) is 25.5. The average molecular weight is 662 g/mol. The number of nitrogens with zero attached hydrogens (tertiary/aromatic N) is 3. The summed E-state index contributed by atoms with van der Waals surface area (Å²) in [4.78, 5) is 31.3. The Morgan fingerprint density at radius 2 is 1.98 bits per heavy atom. The van der Waals surface area contributed by atoms with Crippen molar-refractivity contribution in [1.29, 1.82) is 0 Å². The molecule has 2 aliphatic rings. The van der Waals surface area contributed by atoms with Crippen LogP contribution in [0.2, 0.25) is 0 Å². The molecule has 3 heterocycles. The third kappa shape index (κ3) is 8.15. The van der Waals surface area contributed by atoms with E-state index in [-0.39, 0.29) is 42.2 Å². The van der Waals surface area contributed by atoms with Crippen molar-refractivity contribution in [3.05, 3.63) is 42.5 Å². The smallest absolute Gasteiger partial charge is 0.310 e. The van der Waals surface area contributed by atoms with Gasteiger partial charge >= 0.3 is 5.97 Å². The van der Waals surface area contributed by atoms with Crippen LogP contribution in [0.25, 0.3) is 11.0 Å². The monoisotopic (exact) mass is 661 g/mol. The molecule has 244 valence electrons. The summed E-state index contributed by atoms with van der Waals surface area (Å²) < 4.78 is 48.9. The van der Waals surface area contributed by atoms with Crippen LogP contribution in [0.15, 0.2) is 52.5 Å². The molecule has 3 unspecified atom stereocenters. The van der Waals surface area contributed by atoms with Crippen LogP contribution in [0.5, 0.6) is 5.75 Å². The van der Waals surface area contributed by atoms with Gasteiger partial charge in [0.05, 0.1) is 42.7 Å². The maximum Gasteiger partial charge on any atom is 0.310 e. The number of hydrogen-bond acceptors (Lipinski definition) is 11. The van der Waals surface area contributed by atoms with Crippen LogP contribution >= 0.6 is 11.8 Å². The maximum atomic E-state index is 13.7. The fraction of sp³-hybridized carbons (Fsp3) is 0.500. The lowest BCUT2D eigenvalue weighted by Gasteiger charge is -2.28. The second kappa shape index (κ2) is 14.5. The van der Waals surface area contributed by atoms with E-state index in [1.165, 1.54) is 30.0 Å². The van der Waals surface area contributed by atoms with Gasteiger partial charge in [0.25, 0.3) is 0 Å². The molecule has 0 saturated carbocycles. The summed E-state index contributed by atoms with van der Waals surface area (Å²) >= 11 is 1.50. The third-order valence-electron chi connectivity index (χ3n) is 7.61. The first kappa shape index (κ1) is 33.2. The number of fused-ring (bicyclic) bond motifs is 1. The van der Waals surface area contributed by atoms with E-state index in [4.69, 9.17) is 14.2 Å². The number of thioether (sulfide) groups is 1. The summed E-state index contributed by atoms with van der Waals surface area (Å²) in [5, 5.41) is 13.4. The number of carbonyl (C=O) groups excluding carboxylic acids is 2. The van der Waals surface area contributed by atoms with Gasteiger partial charge in [-0.2, -0.15) is 0 Å². The molecule has 3 aromatic rings. The molecule has 2 aromatic carbocycles. The number of aromatic nitrogens is 2. The Kier molecular flexibility index (Phi) is 10.7. The summed E-state index contributed by atoms with van der Waals surface area (Å²) in [5.41, 5.74) is 2.13. The van der Waals surface area contributed by atoms with Gasteiger partial charge in [-0.3, -0.25) is 14.5 Å². The molecule has 0 aliphatic carbocycles. The lowest BCUT2D eigenvalue weighted by Crippen LogP contribution is -2.41. The highest BCUT2D eigenvalue weighted by atomic mass is 32.2.